The van der Waals surface area contributed by atoms with Gasteiger partial charge in [0.25, 0.3) is 5.91 Å². The number of morpholine rings is 1. The van der Waals surface area contributed by atoms with Crippen molar-refractivity contribution in [3.63, 3.8) is 0 Å². The van der Waals surface area contributed by atoms with Crippen LogP contribution in [0.2, 0.25) is 0 Å². The topological polar surface area (TPSA) is 59.1 Å². The summed E-state index contributed by atoms with van der Waals surface area (Å²) in [6, 6.07) is 10.6. The van der Waals surface area contributed by atoms with E-state index in [-0.39, 0.29) is 24.1 Å². The van der Waals surface area contributed by atoms with Gasteiger partial charge in [0.05, 0.1) is 31.2 Å². The molecule has 1 fully saturated rings. The number of rotatable bonds is 4. The lowest BCUT2D eigenvalue weighted by Crippen LogP contribution is -2.54. The van der Waals surface area contributed by atoms with E-state index >= 15 is 0 Å². The third kappa shape index (κ3) is 4.41. The number of carbonyl (C=O) groups is 2. The molecule has 2 aromatic carbocycles. The summed E-state index contributed by atoms with van der Waals surface area (Å²) in [5, 5.41) is 0. The number of amides is 2. The summed E-state index contributed by atoms with van der Waals surface area (Å²) in [7, 11) is 0. The molecule has 2 aliphatic heterocycles. The zero-order chi connectivity index (χ0) is 21.1. The van der Waals surface area contributed by atoms with Crippen LogP contribution in [0.4, 0.5) is 14.5 Å². The predicted octanol–water partition coefficient (Wildman–Crippen LogP) is 2.71. The Bertz CT molecular complexity index is 952. The Kier molecular flexibility index (Phi) is 6.19. The first-order chi connectivity index (χ1) is 14.5. The number of hydrogen-bond acceptors (Lipinski definition) is 5. The van der Waals surface area contributed by atoms with E-state index < -0.39 is 17.7 Å². The monoisotopic (exact) mass is 434 g/mol. The summed E-state index contributed by atoms with van der Waals surface area (Å²) in [4.78, 5) is 29.5. The van der Waals surface area contributed by atoms with E-state index in [1.807, 2.05) is 0 Å². The predicted molar refractivity (Wildman–Crippen MR) is 108 cm³/mol. The molecule has 158 valence electrons. The highest BCUT2D eigenvalue weighted by Crippen LogP contribution is 2.34. The lowest BCUT2D eigenvalue weighted by atomic mass is 10.1. The Morgan fingerprint density at radius 1 is 1.07 bits per heavy atom. The van der Waals surface area contributed by atoms with Crippen molar-refractivity contribution in [3.05, 3.63) is 54.1 Å². The summed E-state index contributed by atoms with van der Waals surface area (Å²) in [5.41, 5.74) is 0.583. The highest BCUT2D eigenvalue weighted by Gasteiger charge is 2.36. The van der Waals surface area contributed by atoms with Crippen LogP contribution >= 0.6 is 11.8 Å². The molecule has 0 aromatic heterocycles. The third-order valence-electron chi connectivity index (χ3n) is 4.93. The zero-order valence-electron chi connectivity index (χ0n) is 16.1. The van der Waals surface area contributed by atoms with Gasteiger partial charge in [-0.2, -0.15) is 0 Å². The van der Waals surface area contributed by atoms with Crippen molar-refractivity contribution < 1.29 is 27.8 Å². The summed E-state index contributed by atoms with van der Waals surface area (Å²) >= 11 is 1.11. The van der Waals surface area contributed by atoms with Crippen LogP contribution in [-0.2, 0) is 14.3 Å². The van der Waals surface area contributed by atoms with Crippen molar-refractivity contribution in [2.24, 2.45) is 0 Å². The first kappa shape index (κ1) is 20.6. The van der Waals surface area contributed by atoms with Crippen LogP contribution < -0.4 is 9.64 Å². The number of hydrogen-bond donors (Lipinski definition) is 0. The first-order valence-corrected chi connectivity index (χ1v) is 10.5. The molecule has 1 unspecified atom stereocenters. The molecule has 0 N–H and O–H groups in total. The third-order valence-corrected chi connectivity index (χ3v) is 5.90. The van der Waals surface area contributed by atoms with Crippen molar-refractivity contribution in [1.29, 1.82) is 0 Å². The summed E-state index contributed by atoms with van der Waals surface area (Å²) in [5.74, 6) is -1.85. The van der Waals surface area contributed by atoms with Gasteiger partial charge in [-0.15, -0.1) is 11.8 Å². The van der Waals surface area contributed by atoms with Crippen LogP contribution in [0.15, 0.2) is 47.4 Å². The van der Waals surface area contributed by atoms with Crippen molar-refractivity contribution >= 4 is 29.3 Å². The average molecular weight is 434 g/mol. The number of anilines is 1. The van der Waals surface area contributed by atoms with Crippen LogP contribution in [-0.4, -0.2) is 61.4 Å². The van der Waals surface area contributed by atoms with Crippen LogP contribution in [0.1, 0.15) is 0 Å². The molecule has 4 rings (SSSR count). The molecule has 2 heterocycles. The van der Waals surface area contributed by atoms with Gasteiger partial charge in [-0.1, -0.05) is 12.1 Å². The van der Waals surface area contributed by atoms with Gasteiger partial charge < -0.3 is 19.3 Å². The van der Waals surface area contributed by atoms with Crippen molar-refractivity contribution in [2.45, 2.75) is 11.0 Å². The first-order valence-electron chi connectivity index (χ1n) is 9.53. The van der Waals surface area contributed by atoms with Crippen LogP contribution in [0.3, 0.4) is 0 Å². The van der Waals surface area contributed by atoms with Gasteiger partial charge in [0.15, 0.2) is 17.7 Å². The maximum atomic E-state index is 13.4. The van der Waals surface area contributed by atoms with E-state index in [2.05, 4.69) is 0 Å². The second-order valence-corrected chi connectivity index (χ2v) is 7.93. The number of thioether (sulfide) groups is 1. The fraction of sp³-hybridized carbons (Fsp3) is 0.333. The maximum Gasteiger partial charge on any atom is 0.265 e. The van der Waals surface area contributed by atoms with Crippen molar-refractivity contribution in [3.8, 4) is 5.75 Å². The van der Waals surface area contributed by atoms with E-state index in [4.69, 9.17) is 9.47 Å². The zero-order valence-corrected chi connectivity index (χ0v) is 16.9. The molecular weight excluding hydrogens is 414 g/mol. The highest BCUT2D eigenvalue weighted by atomic mass is 32.2. The number of nitrogens with zero attached hydrogens (tertiary/aromatic N) is 2. The number of para-hydroxylation sites is 2. The van der Waals surface area contributed by atoms with E-state index in [0.29, 0.717) is 42.6 Å². The summed E-state index contributed by atoms with van der Waals surface area (Å²) in [6.45, 7) is 2.01. The molecule has 9 heteroatoms. The van der Waals surface area contributed by atoms with E-state index in [9.17, 15) is 18.4 Å². The fourth-order valence-corrected chi connectivity index (χ4v) is 4.17. The van der Waals surface area contributed by atoms with Gasteiger partial charge in [0.2, 0.25) is 5.91 Å². The minimum absolute atomic E-state index is 0.0118. The van der Waals surface area contributed by atoms with Crippen molar-refractivity contribution in [1.82, 2.24) is 4.90 Å². The van der Waals surface area contributed by atoms with Crippen LogP contribution in [0, 0.1) is 11.6 Å². The van der Waals surface area contributed by atoms with E-state index in [0.717, 1.165) is 23.9 Å². The lowest BCUT2D eigenvalue weighted by Gasteiger charge is -2.37. The second kappa shape index (κ2) is 9.01. The largest absolute Gasteiger partial charge is 0.476 e. The molecule has 0 radical (unpaired) electrons. The van der Waals surface area contributed by atoms with Crippen molar-refractivity contribution in [2.75, 3.05) is 43.5 Å². The van der Waals surface area contributed by atoms with Gasteiger partial charge in [-0.05, 0) is 30.3 Å². The maximum absolute atomic E-state index is 13.4. The molecule has 30 heavy (non-hydrogen) atoms. The Hall–Kier alpha value is -2.65. The Morgan fingerprint density at radius 2 is 1.83 bits per heavy atom. The standard InChI is InChI=1S/C21H20F2N2O4S/c22-15-6-5-14(11-16(15)23)30-13-20(26)25-12-19(21(27)24-7-9-28-10-8-24)29-18-4-2-1-3-17(18)25/h1-6,11,19H,7-10,12-13H2. The molecule has 6 nitrogen and oxygen atoms in total. The molecule has 0 bridgehead atoms. The van der Waals surface area contributed by atoms with Gasteiger partial charge in [-0.25, -0.2) is 8.78 Å². The van der Waals surface area contributed by atoms with Gasteiger partial charge in [-0.3, -0.25) is 9.59 Å². The molecule has 2 amide bonds. The number of ether oxygens (including phenoxy) is 2. The molecule has 2 aromatic rings. The van der Waals surface area contributed by atoms with Gasteiger partial charge in [0, 0.05) is 18.0 Å². The molecule has 0 saturated carbocycles. The smallest absolute Gasteiger partial charge is 0.265 e. The normalized spacial score (nSPS) is 18.5. The number of fused-ring (bicyclic) bond motifs is 1. The lowest BCUT2D eigenvalue weighted by molar-refractivity contribution is -0.142. The summed E-state index contributed by atoms with van der Waals surface area (Å²) in [6.07, 6.45) is -0.810. The van der Waals surface area contributed by atoms with E-state index in [1.165, 1.54) is 11.0 Å². The molecule has 1 atom stereocenters. The number of benzene rings is 2. The molecule has 1 saturated heterocycles. The Labute approximate surface area is 176 Å². The molecule has 0 spiro atoms. The average Bonchev–Trinajstić information content (AvgIpc) is 2.79. The Balaban J connectivity index is 1.49. The minimum atomic E-state index is -0.958. The van der Waals surface area contributed by atoms with Gasteiger partial charge in [0.1, 0.15) is 5.75 Å². The minimum Gasteiger partial charge on any atom is -0.476 e. The van der Waals surface area contributed by atoms with Crippen LogP contribution in [0.5, 0.6) is 5.75 Å². The molecular formula is C21H20F2N2O4S. The number of halogens is 2. The SMILES string of the molecule is O=C(C1CN(C(=O)CSc2ccc(F)c(F)c2)c2ccccc2O1)N1CCOCC1. The quantitative estimate of drug-likeness (QED) is 0.693. The second-order valence-electron chi connectivity index (χ2n) is 6.88. The molecule has 0 aliphatic carbocycles. The van der Waals surface area contributed by atoms with Crippen LogP contribution in [0.25, 0.3) is 0 Å². The van der Waals surface area contributed by atoms with E-state index in [1.54, 1.807) is 29.2 Å². The molecule has 2 aliphatic rings. The highest BCUT2D eigenvalue weighted by molar-refractivity contribution is 8.00. The summed E-state index contributed by atoms with van der Waals surface area (Å²) < 4.78 is 37.7. The number of carbonyl (C=O) groups excluding carboxylic acids is 2. The fourth-order valence-electron chi connectivity index (χ4n) is 3.38. The Morgan fingerprint density at radius 3 is 2.60 bits per heavy atom. The van der Waals surface area contributed by atoms with Gasteiger partial charge >= 0.3 is 0 Å².